The summed E-state index contributed by atoms with van der Waals surface area (Å²) in [5, 5.41) is 0. The van der Waals surface area contributed by atoms with Crippen molar-refractivity contribution < 1.29 is 18.7 Å². The number of Topliss-reactive ketones (excluding diaryl/α,β-unsaturated/α-hetero) is 1. The summed E-state index contributed by atoms with van der Waals surface area (Å²) in [5.41, 5.74) is 2.52. The highest BCUT2D eigenvalue weighted by Crippen LogP contribution is 2.22. The predicted molar refractivity (Wildman–Crippen MR) is 114 cm³/mol. The molecule has 6 heteroatoms. The van der Waals surface area contributed by atoms with Crippen LogP contribution in [-0.2, 0) is 11.3 Å². The van der Waals surface area contributed by atoms with Gasteiger partial charge in [0, 0.05) is 31.7 Å². The average Bonchev–Trinajstić information content (AvgIpc) is 2.70. The Balaban J connectivity index is 1.60. The van der Waals surface area contributed by atoms with E-state index in [4.69, 9.17) is 4.74 Å². The monoisotopic (exact) mass is 412 g/mol. The van der Waals surface area contributed by atoms with Gasteiger partial charge in [0.05, 0.1) is 5.56 Å². The van der Waals surface area contributed by atoms with Gasteiger partial charge in [0.1, 0.15) is 11.6 Å². The van der Waals surface area contributed by atoms with E-state index in [2.05, 4.69) is 11.8 Å². The van der Waals surface area contributed by atoms with E-state index in [1.165, 1.54) is 19.1 Å². The lowest BCUT2D eigenvalue weighted by molar-refractivity contribution is -0.139. The van der Waals surface area contributed by atoms with Crippen molar-refractivity contribution in [2.24, 2.45) is 0 Å². The summed E-state index contributed by atoms with van der Waals surface area (Å²) < 4.78 is 18.9. The summed E-state index contributed by atoms with van der Waals surface area (Å²) >= 11 is 0. The molecule has 0 aliphatic carbocycles. The van der Waals surface area contributed by atoms with Gasteiger partial charge in [-0.25, -0.2) is 4.39 Å². The maximum Gasteiger partial charge on any atom is 0.260 e. The molecule has 30 heavy (non-hydrogen) atoms. The second-order valence-corrected chi connectivity index (χ2v) is 8.14. The number of amides is 1. The van der Waals surface area contributed by atoms with Gasteiger partial charge in [-0.1, -0.05) is 23.8 Å². The van der Waals surface area contributed by atoms with Crippen LogP contribution in [0, 0.1) is 12.7 Å². The third-order valence-electron chi connectivity index (χ3n) is 5.60. The molecule has 1 aliphatic rings. The molecular formula is C24H29FN2O3. The Morgan fingerprint density at radius 1 is 1.07 bits per heavy atom. The molecule has 2 aromatic carbocycles. The minimum absolute atomic E-state index is 0.0306. The van der Waals surface area contributed by atoms with E-state index in [0.29, 0.717) is 17.9 Å². The smallest absolute Gasteiger partial charge is 0.260 e. The number of ketones is 1. The lowest BCUT2D eigenvalue weighted by atomic mass is 10.1. The van der Waals surface area contributed by atoms with Gasteiger partial charge in [-0.3, -0.25) is 14.5 Å². The zero-order valence-corrected chi connectivity index (χ0v) is 18.0. The fourth-order valence-electron chi connectivity index (χ4n) is 3.86. The largest absolute Gasteiger partial charge is 0.483 e. The number of aryl methyl sites for hydroxylation is 1. The van der Waals surface area contributed by atoms with Crippen LogP contribution >= 0.6 is 0 Å². The van der Waals surface area contributed by atoms with Crippen LogP contribution in [0.25, 0.3) is 0 Å². The van der Waals surface area contributed by atoms with E-state index >= 15 is 0 Å². The van der Waals surface area contributed by atoms with Crippen molar-refractivity contribution in [3.05, 3.63) is 65.0 Å². The molecule has 0 unspecified atom stereocenters. The first-order valence-corrected chi connectivity index (χ1v) is 10.3. The molecule has 1 amide bonds. The second kappa shape index (κ2) is 9.39. The molecule has 2 atom stereocenters. The SMILES string of the molecule is CC(=O)c1cc(C)ccc1OCC(=O)N1C[C@H](C)N(Cc2ccc(F)cc2)C[C@H]1C. The number of halogens is 1. The Morgan fingerprint density at radius 3 is 2.43 bits per heavy atom. The predicted octanol–water partition coefficient (Wildman–Crippen LogP) is 3.84. The molecule has 5 nitrogen and oxygen atoms in total. The van der Waals surface area contributed by atoms with Gasteiger partial charge in [-0.15, -0.1) is 0 Å². The molecule has 0 N–H and O–H groups in total. The van der Waals surface area contributed by atoms with Crippen molar-refractivity contribution in [1.29, 1.82) is 0 Å². The summed E-state index contributed by atoms with van der Waals surface area (Å²) in [6, 6.07) is 12.1. The first kappa shape index (κ1) is 22.0. The topological polar surface area (TPSA) is 49.9 Å². The van der Waals surface area contributed by atoms with Gasteiger partial charge in [-0.2, -0.15) is 0 Å². The number of hydrogen-bond donors (Lipinski definition) is 0. The number of piperazine rings is 1. The zero-order chi connectivity index (χ0) is 21.8. The first-order chi connectivity index (χ1) is 14.2. The van der Waals surface area contributed by atoms with Crippen LogP contribution < -0.4 is 4.74 Å². The number of benzene rings is 2. The summed E-state index contributed by atoms with van der Waals surface area (Å²) in [7, 11) is 0. The van der Waals surface area contributed by atoms with Crippen molar-refractivity contribution in [1.82, 2.24) is 9.80 Å². The van der Waals surface area contributed by atoms with Gasteiger partial charge in [-0.05, 0) is 57.5 Å². The van der Waals surface area contributed by atoms with Gasteiger partial charge in [0.25, 0.3) is 5.91 Å². The number of ether oxygens (including phenoxy) is 1. The van der Waals surface area contributed by atoms with E-state index < -0.39 is 0 Å². The normalized spacial score (nSPS) is 19.6. The van der Waals surface area contributed by atoms with Gasteiger partial charge in [0.2, 0.25) is 0 Å². The number of hydrogen-bond acceptors (Lipinski definition) is 4. The van der Waals surface area contributed by atoms with Crippen LogP contribution in [0.5, 0.6) is 5.75 Å². The Morgan fingerprint density at radius 2 is 1.77 bits per heavy atom. The minimum Gasteiger partial charge on any atom is -0.483 e. The lowest BCUT2D eigenvalue weighted by Crippen LogP contribution is -2.58. The summed E-state index contributed by atoms with van der Waals surface area (Å²) in [6.45, 7) is 9.46. The van der Waals surface area contributed by atoms with Crippen molar-refractivity contribution in [3.8, 4) is 5.75 Å². The van der Waals surface area contributed by atoms with Gasteiger partial charge < -0.3 is 9.64 Å². The van der Waals surface area contributed by atoms with Crippen LogP contribution in [0.1, 0.15) is 42.3 Å². The highest BCUT2D eigenvalue weighted by atomic mass is 19.1. The van der Waals surface area contributed by atoms with E-state index in [9.17, 15) is 14.0 Å². The Bertz CT molecular complexity index is 913. The van der Waals surface area contributed by atoms with Crippen LogP contribution in [0.4, 0.5) is 4.39 Å². The molecule has 1 fully saturated rings. The van der Waals surface area contributed by atoms with E-state index in [0.717, 1.165) is 24.2 Å². The van der Waals surface area contributed by atoms with Crippen LogP contribution in [0.15, 0.2) is 42.5 Å². The van der Waals surface area contributed by atoms with Crippen LogP contribution in [-0.4, -0.2) is 53.3 Å². The van der Waals surface area contributed by atoms with Gasteiger partial charge >= 0.3 is 0 Å². The summed E-state index contributed by atoms with van der Waals surface area (Å²) in [6.07, 6.45) is 0. The van der Waals surface area contributed by atoms with Crippen molar-refractivity contribution in [3.63, 3.8) is 0 Å². The number of nitrogens with zero attached hydrogens (tertiary/aromatic N) is 2. The molecule has 0 aromatic heterocycles. The number of carbonyl (C=O) groups is 2. The van der Waals surface area contributed by atoms with Gasteiger partial charge in [0.15, 0.2) is 12.4 Å². The molecule has 0 radical (unpaired) electrons. The Kier molecular flexibility index (Phi) is 6.87. The van der Waals surface area contributed by atoms with Crippen molar-refractivity contribution in [2.45, 2.75) is 46.3 Å². The lowest BCUT2D eigenvalue weighted by Gasteiger charge is -2.44. The zero-order valence-electron chi connectivity index (χ0n) is 18.0. The molecule has 0 spiro atoms. The highest BCUT2D eigenvalue weighted by Gasteiger charge is 2.32. The molecule has 3 rings (SSSR count). The molecule has 0 bridgehead atoms. The maximum absolute atomic E-state index is 13.1. The molecular weight excluding hydrogens is 383 g/mol. The Hall–Kier alpha value is -2.73. The van der Waals surface area contributed by atoms with Crippen LogP contribution in [0.2, 0.25) is 0 Å². The third-order valence-corrected chi connectivity index (χ3v) is 5.60. The second-order valence-electron chi connectivity index (χ2n) is 8.14. The molecule has 160 valence electrons. The van der Waals surface area contributed by atoms with Crippen molar-refractivity contribution >= 4 is 11.7 Å². The van der Waals surface area contributed by atoms with E-state index in [1.807, 2.05) is 24.8 Å². The summed E-state index contributed by atoms with van der Waals surface area (Å²) in [5.74, 6) is 0.0255. The number of rotatable bonds is 6. The molecule has 2 aromatic rings. The Labute approximate surface area is 177 Å². The molecule has 0 saturated carbocycles. The number of carbonyl (C=O) groups excluding carboxylic acids is 2. The van der Waals surface area contributed by atoms with E-state index in [-0.39, 0.29) is 36.2 Å². The maximum atomic E-state index is 13.1. The first-order valence-electron chi connectivity index (χ1n) is 10.3. The van der Waals surface area contributed by atoms with E-state index in [1.54, 1.807) is 24.3 Å². The highest BCUT2D eigenvalue weighted by molar-refractivity contribution is 5.97. The molecule has 1 saturated heterocycles. The standard InChI is InChI=1S/C24H29FN2O3/c1-16-5-10-23(22(11-16)19(4)28)30-15-24(29)27-13-17(2)26(12-18(27)3)14-20-6-8-21(25)9-7-20/h5-11,17-18H,12-15H2,1-4H3/t17-,18+/m0/s1. The van der Waals surface area contributed by atoms with Crippen molar-refractivity contribution in [2.75, 3.05) is 19.7 Å². The fraction of sp³-hybridized carbons (Fsp3) is 0.417. The quantitative estimate of drug-likeness (QED) is 0.677. The molecule has 1 aliphatic heterocycles. The third kappa shape index (κ3) is 5.25. The molecule has 1 heterocycles. The average molecular weight is 413 g/mol. The van der Waals surface area contributed by atoms with Crippen LogP contribution in [0.3, 0.4) is 0 Å². The fourth-order valence-corrected chi connectivity index (χ4v) is 3.86. The summed E-state index contributed by atoms with van der Waals surface area (Å²) in [4.78, 5) is 28.8. The minimum atomic E-state index is -0.239.